The van der Waals surface area contributed by atoms with Crippen molar-refractivity contribution in [2.45, 2.75) is 5.60 Å². The topological polar surface area (TPSA) is 81.7 Å². The summed E-state index contributed by atoms with van der Waals surface area (Å²) >= 11 is 2.85. The van der Waals surface area contributed by atoms with E-state index in [1.54, 1.807) is 18.2 Å². The minimum Gasteiger partial charge on any atom is -0.378 e. The summed E-state index contributed by atoms with van der Waals surface area (Å²) in [6, 6.07) is 12.6. The molecule has 0 aliphatic carbocycles. The van der Waals surface area contributed by atoms with Crippen LogP contribution in [0.5, 0.6) is 0 Å². The zero-order valence-corrected chi connectivity index (χ0v) is 17.1. The fourth-order valence-corrected chi connectivity index (χ4v) is 4.23. The van der Waals surface area contributed by atoms with E-state index < -0.39 is 17.4 Å². The first-order valence-electron chi connectivity index (χ1n) is 8.56. The van der Waals surface area contributed by atoms with Crippen LogP contribution in [0.1, 0.15) is 10.4 Å². The van der Waals surface area contributed by atoms with Gasteiger partial charge in [-0.25, -0.2) is 0 Å². The molecule has 28 heavy (non-hydrogen) atoms. The van der Waals surface area contributed by atoms with Gasteiger partial charge in [-0.3, -0.25) is 9.59 Å². The number of carbonyl (C=O) groups is 2. The molecule has 6 nitrogen and oxygen atoms in total. The second-order valence-corrected chi connectivity index (χ2v) is 8.16. The molecule has 2 amide bonds. The van der Waals surface area contributed by atoms with Crippen molar-refractivity contribution in [2.24, 2.45) is 0 Å². The van der Waals surface area contributed by atoms with E-state index in [-0.39, 0.29) is 6.54 Å². The molecule has 1 aromatic carbocycles. The summed E-state index contributed by atoms with van der Waals surface area (Å²) in [4.78, 5) is 27.1. The Morgan fingerprint density at radius 2 is 1.82 bits per heavy atom. The average molecular weight is 416 g/mol. The third-order valence-corrected chi connectivity index (χ3v) is 5.98. The zero-order chi connectivity index (χ0) is 20.1. The second-order valence-electron chi connectivity index (χ2n) is 6.43. The van der Waals surface area contributed by atoms with Crippen LogP contribution < -0.4 is 15.5 Å². The number of carbonyl (C=O) groups excluding carboxylic acids is 2. The highest BCUT2D eigenvalue weighted by Crippen LogP contribution is 2.33. The molecule has 3 rings (SSSR count). The predicted octanol–water partition coefficient (Wildman–Crippen LogP) is 2.87. The number of anilines is 2. The summed E-state index contributed by atoms with van der Waals surface area (Å²) in [5, 5.41) is 21.9. The predicted molar refractivity (Wildman–Crippen MR) is 114 cm³/mol. The van der Waals surface area contributed by atoms with E-state index in [1.807, 2.05) is 59.4 Å². The van der Waals surface area contributed by atoms with Crippen LogP contribution in [0.25, 0.3) is 0 Å². The first-order chi connectivity index (χ1) is 13.4. The SMILES string of the molecule is CN(C)c1ccc(NC(=O)C(=O)NCC(O)(c2ccsc2)c2cccs2)cc1. The van der Waals surface area contributed by atoms with Gasteiger partial charge in [-0.15, -0.1) is 11.3 Å². The van der Waals surface area contributed by atoms with Gasteiger partial charge >= 0.3 is 11.8 Å². The molecule has 0 fully saturated rings. The van der Waals surface area contributed by atoms with E-state index >= 15 is 0 Å². The molecule has 2 heterocycles. The van der Waals surface area contributed by atoms with Crippen molar-refractivity contribution in [3.63, 3.8) is 0 Å². The van der Waals surface area contributed by atoms with Gasteiger partial charge in [0, 0.05) is 35.9 Å². The summed E-state index contributed by atoms with van der Waals surface area (Å²) in [6.07, 6.45) is 0. The second kappa shape index (κ2) is 8.55. The van der Waals surface area contributed by atoms with Crippen LogP contribution in [0.3, 0.4) is 0 Å². The highest BCUT2D eigenvalue weighted by molar-refractivity contribution is 7.10. The Kier molecular flexibility index (Phi) is 6.13. The van der Waals surface area contributed by atoms with Crippen molar-refractivity contribution < 1.29 is 14.7 Å². The number of hydrogen-bond donors (Lipinski definition) is 3. The number of hydrogen-bond acceptors (Lipinski definition) is 6. The van der Waals surface area contributed by atoms with Crippen molar-refractivity contribution in [2.75, 3.05) is 30.9 Å². The van der Waals surface area contributed by atoms with Gasteiger partial charge in [-0.2, -0.15) is 11.3 Å². The highest BCUT2D eigenvalue weighted by Gasteiger charge is 2.34. The van der Waals surface area contributed by atoms with Crippen LogP contribution in [-0.4, -0.2) is 37.6 Å². The number of nitrogens with one attached hydrogen (secondary N) is 2. The van der Waals surface area contributed by atoms with Gasteiger partial charge < -0.3 is 20.6 Å². The Bertz CT molecular complexity index is 886. The van der Waals surface area contributed by atoms with Crippen LogP contribution in [-0.2, 0) is 15.2 Å². The minimum atomic E-state index is -1.38. The summed E-state index contributed by atoms with van der Waals surface area (Å²) in [7, 11) is 3.84. The molecule has 2 aromatic heterocycles. The average Bonchev–Trinajstić information content (AvgIpc) is 3.40. The Morgan fingerprint density at radius 3 is 2.39 bits per heavy atom. The number of nitrogens with zero attached hydrogens (tertiary/aromatic N) is 1. The first-order valence-corrected chi connectivity index (χ1v) is 10.4. The van der Waals surface area contributed by atoms with Gasteiger partial charge in [0.15, 0.2) is 0 Å². The molecule has 0 saturated heterocycles. The molecule has 1 unspecified atom stereocenters. The summed E-state index contributed by atoms with van der Waals surface area (Å²) in [5.74, 6) is -1.58. The van der Waals surface area contributed by atoms with Crippen molar-refractivity contribution in [3.05, 3.63) is 69.0 Å². The molecule has 3 aromatic rings. The number of rotatable bonds is 6. The van der Waals surface area contributed by atoms with Gasteiger partial charge in [0.1, 0.15) is 5.60 Å². The minimum absolute atomic E-state index is 0.101. The van der Waals surface area contributed by atoms with E-state index in [1.165, 1.54) is 22.7 Å². The molecular weight excluding hydrogens is 394 g/mol. The fraction of sp³-hybridized carbons (Fsp3) is 0.200. The van der Waals surface area contributed by atoms with Crippen molar-refractivity contribution in [1.29, 1.82) is 0 Å². The summed E-state index contributed by atoms with van der Waals surface area (Å²) in [6.45, 7) is -0.101. The maximum absolute atomic E-state index is 12.3. The van der Waals surface area contributed by atoms with Crippen LogP contribution in [0, 0.1) is 0 Å². The van der Waals surface area contributed by atoms with Crippen molar-refractivity contribution >= 4 is 45.9 Å². The quantitative estimate of drug-likeness (QED) is 0.541. The molecule has 0 bridgehead atoms. The van der Waals surface area contributed by atoms with Gasteiger partial charge in [-0.05, 0) is 52.5 Å². The molecule has 8 heteroatoms. The fourth-order valence-electron chi connectivity index (χ4n) is 2.66. The number of benzene rings is 1. The lowest BCUT2D eigenvalue weighted by Gasteiger charge is -2.26. The van der Waals surface area contributed by atoms with E-state index in [0.29, 0.717) is 16.1 Å². The van der Waals surface area contributed by atoms with Crippen LogP contribution in [0.2, 0.25) is 0 Å². The van der Waals surface area contributed by atoms with Crippen LogP contribution >= 0.6 is 22.7 Å². The Morgan fingerprint density at radius 1 is 1.07 bits per heavy atom. The molecule has 0 aliphatic rings. The largest absolute Gasteiger partial charge is 0.378 e. The molecule has 146 valence electrons. The molecule has 1 atom stereocenters. The zero-order valence-electron chi connectivity index (χ0n) is 15.5. The Balaban J connectivity index is 1.65. The normalized spacial score (nSPS) is 12.8. The Labute approximate surface area is 171 Å². The van der Waals surface area contributed by atoms with E-state index in [9.17, 15) is 14.7 Å². The smallest absolute Gasteiger partial charge is 0.313 e. The molecule has 0 spiro atoms. The standard InChI is InChI=1S/C20H21N3O3S2/c1-23(2)16-7-5-15(6-8-16)22-19(25)18(24)21-13-20(26,14-9-11-27-12-14)17-4-3-10-28-17/h3-12,26H,13H2,1-2H3,(H,21,24)(H,22,25). The molecule has 0 aliphatic heterocycles. The molecule has 0 radical (unpaired) electrons. The van der Waals surface area contributed by atoms with E-state index in [0.717, 1.165) is 5.69 Å². The molecule has 0 saturated carbocycles. The van der Waals surface area contributed by atoms with Crippen molar-refractivity contribution in [3.8, 4) is 0 Å². The van der Waals surface area contributed by atoms with Crippen LogP contribution in [0.4, 0.5) is 11.4 Å². The Hall–Kier alpha value is -2.68. The van der Waals surface area contributed by atoms with Gasteiger partial charge in [0.05, 0.1) is 6.54 Å². The van der Waals surface area contributed by atoms with E-state index in [2.05, 4.69) is 10.6 Å². The number of thiophene rings is 2. The summed E-state index contributed by atoms with van der Waals surface area (Å²) in [5.41, 5.74) is 0.813. The lowest BCUT2D eigenvalue weighted by atomic mass is 9.94. The van der Waals surface area contributed by atoms with E-state index in [4.69, 9.17) is 0 Å². The van der Waals surface area contributed by atoms with Gasteiger partial charge in [0.25, 0.3) is 0 Å². The maximum atomic E-state index is 12.3. The maximum Gasteiger partial charge on any atom is 0.313 e. The first kappa shape index (κ1) is 20.1. The monoisotopic (exact) mass is 415 g/mol. The van der Waals surface area contributed by atoms with Gasteiger partial charge in [-0.1, -0.05) is 6.07 Å². The molecule has 3 N–H and O–H groups in total. The molecular formula is C20H21N3O3S2. The number of aliphatic hydroxyl groups is 1. The highest BCUT2D eigenvalue weighted by atomic mass is 32.1. The van der Waals surface area contributed by atoms with Crippen molar-refractivity contribution in [1.82, 2.24) is 5.32 Å². The lowest BCUT2D eigenvalue weighted by Crippen LogP contribution is -2.44. The third-order valence-electron chi connectivity index (χ3n) is 4.28. The van der Waals surface area contributed by atoms with Crippen LogP contribution in [0.15, 0.2) is 58.6 Å². The number of amides is 2. The third kappa shape index (κ3) is 4.41. The lowest BCUT2D eigenvalue weighted by molar-refractivity contribution is -0.136. The summed E-state index contributed by atoms with van der Waals surface area (Å²) < 4.78 is 0. The van der Waals surface area contributed by atoms with Gasteiger partial charge in [0.2, 0.25) is 0 Å².